The summed E-state index contributed by atoms with van der Waals surface area (Å²) in [4.78, 5) is 11.1. The molecule has 2 aromatic rings. The number of nitrogens with one attached hydrogen (secondary N) is 1. The summed E-state index contributed by atoms with van der Waals surface area (Å²) in [7, 11) is 0. The molecule has 6 heteroatoms. The van der Waals surface area contributed by atoms with Gasteiger partial charge in [0.25, 0.3) is 0 Å². The minimum absolute atomic E-state index is 0.0638. The van der Waals surface area contributed by atoms with Crippen molar-refractivity contribution in [1.29, 1.82) is 0 Å². The van der Waals surface area contributed by atoms with Gasteiger partial charge in [-0.15, -0.1) is 0 Å². The third-order valence-corrected chi connectivity index (χ3v) is 3.89. The Labute approximate surface area is 148 Å². The van der Waals surface area contributed by atoms with E-state index < -0.39 is 5.97 Å². The Morgan fingerprint density at radius 1 is 1.30 bits per heavy atom. The van der Waals surface area contributed by atoms with Crippen LogP contribution in [-0.4, -0.2) is 17.2 Å². The Kier molecular flexibility index (Phi) is 5.91. The van der Waals surface area contributed by atoms with Crippen molar-refractivity contribution < 1.29 is 14.6 Å². The summed E-state index contributed by atoms with van der Waals surface area (Å²) < 4.78 is 6.73. The Balaban J connectivity index is 2.22. The molecule has 0 aromatic heterocycles. The van der Waals surface area contributed by atoms with Crippen LogP contribution in [0.25, 0.3) is 0 Å². The molecule has 0 atom stereocenters. The predicted octanol–water partition coefficient (Wildman–Crippen LogP) is 5.20. The van der Waals surface area contributed by atoms with Crippen LogP contribution in [0.2, 0.25) is 5.02 Å². The fourth-order valence-electron chi connectivity index (χ4n) is 2.04. The summed E-state index contributed by atoms with van der Waals surface area (Å²) in [5.41, 5.74) is 1.71. The van der Waals surface area contributed by atoms with E-state index in [1.807, 2.05) is 32.0 Å². The lowest BCUT2D eigenvalue weighted by Gasteiger charge is -2.16. The number of ether oxygens (including phenoxy) is 1. The van der Waals surface area contributed by atoms with Crippen molar-refractivity contribution in [3.8, 4) is 5.75 Å². The number of carboxylic acids is 1. The van der Waals surface area contributed by atoms with Gasteiger partial charge in [-0.3, -0.25) is 0 Å². The summed E-state index contributed by atoms with van der Waals surface area (Å²) in [6.07, 6.45) is 0.0638. The maximum absolute atomic E-state index is 11.1. The molecule has 0 saturated carbocycles. The fourth-order valence-corrected chi connectivity index (χ4v) is 2.63. The van der Waals surface area contributed by atoms with E-state index in [-0.39, 0.29) is 11.7 Å². The smallest absolute Gasteiger partial charge is 0.335 e. The van der Waals surface area contributed by atoms with Crippen molar-refractivity contribution >= 4 is 39.2 Å². The van der Waals surface area contributed by atoms with Crippen LogP contribution in [0.1, 0.15) is 29.8 Å². The van der Waals surface area contributed by atoms with E-state index in [0.29, 0.717) is 17.3 Å². The number of benzene rings is 2. The highest BCUT2D eigenvalue weighted by Crippen LogP contribution is 2.28. The molecule has 0 unspecified atom stereocenters. The molecule has 4 nitrogen and oxygen atoms in total. The number of halogens is 2. The van der Waals surface area contributed by atoms with Gasteiger partial charge < -0.3 is 15.2 Å². The van der Waals surface area contributed by atoms with Crippen molar-refractivity contribution in [3.05, 3.63) is 57.0 Å². The average molecular weight is 399 g/mol. The third kappa shape index (κ3) is 4.88. The number of carbonyl (C=O) groups is 1. The quantitative estimate of drug-likeness (QED) is 0.702. The van der Waals surface area contributed by atoms with Crippen molar-refractivity contribution in [2.24, 2.45) is 0 Å². The molecule has 0 aliphatic heterocycles. The van der Waals surface area contributed by atoms with E-state index in [9.17, 15) is 4.79 Å². The van der Waals surface area contributed by atoms with Crippen molar-refractivity contribution in [2.45, 2.75) is 26.5 Å². The Hall–Kier alpha value is -1.72. The molecule has 23 heavy (non-hydrogen) atoms. The van der Waals surface area contributed by atoms with Gasteiger partial charge in [-0.25, -0.2) is 4.79 Å². The lowest BCUT2D eigenvalue weighted by Crippen LogP contribution is -2.09. The topological polar surface area (TPSA) is 58.6 Å². The normalized spacial score (nSPS) is 10.7. The maximum atomic E-state index is 11.1. The van der Waals surface area contributed by atoms with Gasteiger partial charge in [-0.05, 0) is 50.2 Å². The number of anilines is 1. The van der Waals surface area contributed by atoms with Crippen LogP contribution in [0.15, 0.2) is 40.9 Å². The SMILES string of the molecule is CC(C)Oc1ccc(Br)cc1CNc1cc(C(=O)O)ccc1Cl. The van der Waals surface area contributed by atoms with E-state index in [4.69, 9.17) is 21.4 Å². The minimum atomic E-state index is -0.990. The van der Waals surface area contributed by atoms with Gasteiger partial charge in [0.05, 0.1) is 22.4 Å². The first-order chi connectivity index (χ1) is 10.9. The summed E-state index contributed by atoms with van der Waals surface area (Å²) in [6, 6.07) is 10.3. The largest absolute Gasteiger partial charge is 0.491 e. The molecule has 0 saturated heterocycles. The predicted molar refractivity (Wildman–Crippen MR) is 95.6 cm³/mol. The highest BCUT2D eigenvalue weighted by atomic mass is 79.9. The first-order valence-electron chi connectivity index (χ1n) is 7.08. The number of hydrogen-bond acceptors (Lipinski definition) is 3. The van der Waals surface area contributed by atoms with Gasteiger partial charge in [-0.2, -0.15) is 0 Å². The summed E-state index contributed by atoms with van der Waals surface area (Å²) in [5.74, 6) is -0.211. The van der Waals surface area contributed by atoms with Gasteiger partial charge in [0, 0.05) is 16.6 Å². The summed E-state index contributed by atoms with van der Waals surface area (Å²) in [5, 5.41) is 12.7. The van der Waals surface area contributed by atoms with E-state index in [0.717, 1.165) is 15.8 Å². The van der Waals surface area contributed by atoms with Crippen molar-refractivity contribution in [1.82, 2.24) is 0 Å². The Morgan fingerprint density at radius 3 is 2.70 bits per heavy atom. The molecule has 0 aliphatic rings. The number of rotatable bonds is 6. The molecule has 0 fully saturated rings. The van der Waals surface area contributed by atoms with Gasteiger partial charge in [0.2, 0.25) is 0 Å². The molecule has 2 rings (SSSR count). The monoisotopic (exact) mass is 397 g/mol. The molecule has 122 valence electrons. The summed E-state index contributed by atoms with van der Waals surface area (Å²) in [6.45, 7) is 4.39. The maximum Gasteiger partial charge on any atom is 0.335 e. The fraction of sp³-hybridized carbons (Fsp3) is 0.235. The van der Waals surface area contributed by atoms with Crippen molar-refractivity contribution in [2.75, 3.05) is 5.32 Å². The molecule has 0 spiro atoms. The van der Waals surface area contributed by atoms with Gasteiger partial charge in [-0.1, -0.05) is 27.5 Å². The van der Waals surface area contributed by atoms with Gasteiger partial charge in [0.1, 0.15) is 5.75 Å². The van der Waals surface area contributed by atoms with Crippen LogP contribution in [0.3, 0.4) is 0 Å². The van der Waals surface area contributed by atoms with E-state index in [2.05, 4.69) is 21.2 Å². The van der Waals surface area contributed by atoms with Crippen molar-refractivity contribution in [3.63, 3.8) is 0 Å². The standard InChI is InChI=1S/C17H17BrClNO3/c1-10(2)23-16-6-4-13(18)7-12(16)9-20-15-8-11(17(21)22)3-5-14(15)19/h3-8,10,20H,9H2,1-2H3,(H,21,22). The Morgan fingerprint density at radius 2 is 2.04 bits per heavy atom. The number of aromatic carboxylic acids is 1. The first-order valence-corrected chi connectivity index (χ1v) is 8.25. The Bertz CT molecular complexity index is 719. The lowest BCUT2D eigenvalue weighted by atomic mass is 10.1. The highest BCUT2D eigenvalue weighted by molar-refractivity contribution is 9.10. The number of hydrogen-bond donors (Lipinski definition) is 2. The van der Waals surface area contributed by atoms with E-state index in [1.165, 1.54) is 12.1 Å². The van der Waals surface area contributed by atoms with Crippen LogP contribution in [0.5, 0.6) is 5.75 Å². The first kappa shape index (κ1) is 17.6. The van der Waals surface area contributed by atoms with Crippen LogP contribution in [0, 0.1) is 0 Å². The second kappa shape index (κ2) is 7.70. The minimum Gasteiger partial charge on any atom is -0.491 e. The van der Waals surface area contributed by atoms with Crippen LogP contribution in [0.4, 0.5) is 5.69 Å². The molecule has 2 aromatic carbocycles. The van der Waals surface area contributed by atoms with Crippen LogP contribution >= 0.6 is 27.5 Å². The second-order valence-electron chi connectivity index (χ2n) is 5.27. The molecular formula is C17H17BrClNO3. The molecule has 0 aliphatic carbocycles. The second-order valence-corrected chi connectivity index (χ2v) is 6.59. The molecule has 0 amide bonds. The highest BCUT2D eigenvalue weighted by Gasteiger charge is 2.10. The number of carboxylic acid groups (broad SMARTS) is 1. The van der Waals surface area contributed by atoms with Crippen LogP contribution < -0.4 is 10.1 Å². The molecular weight excluding hydrogens is 382 g/mol. The van der Waals surface area contributed by atoms with E-state index >= 15 is 0 Å². The molecule has 0 heterocycles. The zero-order valence-corrected chi connectivity index (χ0v) is 15.1. The molecule has 2 N–H and O–H groups in total. The summed E-state index contributed by atoms with van der Waals surface area (Å²) >= 11 is 9.57. The molecule has 0 radical (unpaired) electrons. The average Bonchev–Trinajstić information content (AvgIpc) is 2.48. The third-order valence-electron chi connectivity index (χ3n) is 3.07. The zero-order valence-electron chi connectivity index (χ0n) is 12.8. The zero-order chi connectivity index (χ0) is 17.0. The molecule has 0 bridgehead atoms. The van der Waals surface area contributed by atoms with Gasteiger partial charge >= 0.3 is 5.97 Å². The lowest BCUT2D eigenvalue weighted by molar-refractivity contribution is 0.0697. The van der Waals surface area contributed by atoms with Crippen LogP contribution in [-0.2, 0) is 6.54 Å². The van der Waals surface area contributed by atoms with E-state index in [1.54, 1.807) is 6.07 Å². The van der Waals surface area contributed by atoms with Gasteiger partial charge in [0.15, 0.2) is 0 Å².